The molecule has 0 N–H and O–H groups in total. The molecule has 0 aromatic heterocycles. The second-order valence-electron chi connectivity index (χ2n) is 3.16. The predicted octanol–water partition coefficient (Wildman–Crippen LogP) is 3.94. The quantitative estimate of drug-likeness (QED) is 0.649. The molecule has 1 aromatic rings. The molecule has 0 amide bonds. The first kappa shape index (κ1) is 8.46. The number of benzene rings is 1. The summed E-state index contributed by atoms with van der Waals surface area (Å²) in [7, 11) is 0. The SMILES string of the molecule is CSc1ccc(Cl)cc1C1CC1. The maximum absolute atomic E-state index is 5.94. The number of hydrogen-bond acceptors (Lipinski definition) is 1. The van der Waals surface area contributed by atoms with Crippen molar-refractivity contribution < 1.29 is 0 Å². The van der Waals surface area contributed by atoms with E-state index in [0.29, 0.717) is 0 Å². The summed E-state index contributed by atoms with van der Waals surface area (Å²) in [4.78, 5) is 1.39. The number of rotatable bonds is 2. The Morgan fingerprint density at radius 2 is 2.17 bits per heavy atom. The Morgan fingerprint density at radius 3 is 2.75 bits per heavy atom. The maximum Gasteiger partial charge on any atom is 0.0409 e. The third-order valence-electron chi connectivity index (χ3n) is 2.21. The third kappa shape index (κ3) is 1.62. The lowest BCUT2D eigenvalue weighted by Crippen LogP contribution is -1.83. The molecule has 0 unspecified atom stereocenters. The van der Waals surface area contributed by atoms with Gasteiger partial charge in [-0.2, -0.15) is 0 Å². The number of thioether (sulfide) groups is 1. The van der Waals surface area contributed by atoms with Crippen LogP contribution in [0.2, 0.25) is 5.02 Å². The van der Waals surface area contributed by atoms with Crippen LogP contribution in [0.4, 0.5) is 0 Å². The van der Waals surface area contributed by atoms with Crippen LogP contribution >= 0.6 is 23.4 Å². The zero-order chi connectivity index (χ0) is 8.55. The van der Waals surface area contributed by atoms with Gasteiger partial charge in [0.2, 0.25) is 0 Å². The summed E-state index contributed by atoms with van der Waals surface area (Å²) in [6.45, 7) is 0. The zero-order valence-corrected chi connectivity index (χ0v) is 8.58. The molecule has 0 aliphatic heterocycles. The molecule has 0 saturated heterocycles. The van der Waals surface area contributed by atoms with Crippen molar-refractivity contribution in [2.45, 2.75) is 23.7 Å². The molecule has 64 valence electrons. The molecule has 0 atom stereocenters. The Hall–Kier alpha value is -0.140. The van der Waals surface area contributed by atoms with Gasteiger partial charge in [-0.05, 0) is 48.8 Å². The van der Waals surface area contributed by atoms with E-state index in [4.69, 9.17) is 11.6 Å². The van der Waals surface area contributed by atoms with Crippen LogP contribution in [0.25, 0.3) is 0 Å². The van der Waals surface area contributed by atoms with Crippen LogP contribution < -0.4 is 0 Å². The average molecular weight is 199 g/mol. The molecule has 1 saturated carbocycles. The van der Waals surface area contributed by atoms with Crippen molar-refractivity contribution >= 4 is 23.4 Å². The number of hydrogen-bond donors (Lipinski definition) is 0. The van der Waals surface area contributed by atoms with Crippen molar-refractivity contribution in [1.82, 2.24) is 0 Å². The minimum Gasteiger partial charge on any atom is -0.129 e. The zero-order valence-electron chi connectivity index (χ0n) is 7.01. The van der Waals surface area contributed by atoms with Crippen LogP contribution in [0, 0.1) is 0 Å². The molecule has 0 spiro atoms. The van der Waals surface area contributed by atoms with E-state index in [9.17, 15) is 0 Å². The van der Waals surface area contributed by atoms with Crippen LogP contribution in [-0.2, 0) is 0 Å². The van der Waals surface area contributed by atoms with E-state index in [1.54, 1.807) is 0 Å². The fourth-order valence-corrected chi connectivity index (χ4v) is 2.26. The van der Waals surface area contributed by atoms with E-state index in [-0.39, 0.29) is 0 Å². The summed E-state index contributed by atoms with van der Waals surface area (Å²) in [5.41, 5.74) is 1.45. The third-order valence-corrected chi connectivity index (χ3v) is 3.26. The summed E-state index contributed by atoms with van der Waals surface area (Å²) >= 11 is 7.75. The van der Waals surface area contributed by atoms with Crippen LogP contribution in [0.3, 0.4) is 0 Å². The van der Waals surface area contributed by atoms with Crippen molar-refractivity contribution in [2.75, 3.05) is 6.26 Å². The highest BCUT2D eigenvalue weighted by atomic mass is 35.5. The first-order chi connectivity index (χ1) is 5.81. The van der Waals surface area contributed by atoms with Crippen molar-refractivity contribution in [2.24, 2.45) is 0 Å². The van der Waals surface area contributed by atoms with Crippen molar-refractivity contribution in [3.63, 3.8) is 0 Å². The molecule has 1 fully saturated rings. The van der Waals surface area contributed by atoms with Crippen LogP contribution in [0.1, 0.15) is 24.3 Å². The first-order valence-electron chi connectivity index (χ1n) is 4.14. The Morgan fingerprint density at radius 1 is 1.42 bits per heavy atom. The van der Waals surface area contributed by atoms with Gasteiger partial charge in [0.05, 0.1) is 0 Å². The van der Waals surface area contributed by atoms with Gasteiger partial charge in [0.15, 0.2) is 0 Å². The van der Waals surface area contributed by atoms with E-state index in [2.05, 4.69) is 18.4 Å². The van der Waals surface area contributed by atoms with Crippen LogP contribution in [0.5, 0.6) is 0 Å². The van der Waals surface area contributed by atoms with Crippen LogP contribution in [-0.4, -0.2) is 6.26 Å². The molecule has 1 aliphatic rings. The highest BCUT2D eigenvalue weighted by Gasteiger charge is 2.25. The largest absolute Gasteiger partial charge is 0.129 e. The Labute approximate surface area is 82.3 Å². The van der Waals surface area contributed by atoms with E-state index < -0.39 is 0 Å². The summed E-state index contributed by atoms with van der Waals surface area (Å²) in [5.74, 6) is 0.797. The van der Waals surface area contributed by atoms with Crippen LogP contribution in [0.15, 0.2) is 23.1 Å². The van der Waals surface area contributed by atoms with Crippen molar-refractivity contribution in [1.29, 1.82) is 0 Å². The summed E-state index contributed by atoms with van der Waals surface area (Å²) < 4.78 is 0. The van der Waals surface area contributed by atoms with E-state index in [0.717, 1.165) is 10.9 Å². The van der Waals surface area contributed by atoms with E-state index >= 15 is 0 Å². The first-order valence-corrected chi connectivity index (χ1v) is 5.75. The molecule has 0 radical (unpaired) electrons. The Balaban J connectivity index is 2.39. The molecule has 1 aliphatic carbocycles. The van der Waals surface area contributed by atoms with E-state index in [1.807, 2.05) is 17.8 Å². The lowest BCUT2D eigenvalue weighted by molar-refractivity contribution is 1.07. The standard InChI is InChI=1S/C10H11ClS/c1-12-10-5-4-8(11)6-9(10)7-2-3-7/h4-7H,2-3H2,1H3. The lowest BCUT2D eigenvalue weighted by Gasteiger charge is -2.05. The normalized spacial score (nSPS) is 16.5. The lowest BCUT2D eigenvalue weighted by atomic mass is 10.1. The topological polar surface area (TPSA) is 0 Å². The summed E-state index contributed by atoms with van der Waals surface area (Å²) in [6.07, 6.45) is 4.80. The summed E-state index contributed by atoms with van der Waals surface area (Å²) in [5, 5.41) is 0.870. The van der Waals surface area contributed by atoms with Gasteiger partial charge in [-0.1, -0.05) is 11.6 Å². The Kier molecular flexibility index (Phi) is 2.33. The maximum atomic E-state index is 5.94. The van der Waals surface area contributed by atoms with Gasteiger partial charge in [0, 0.05) is 9.92 Å². The minimum atomic E-state index is 0.797. The van der Waals surface area contributed by atoms with E-state index in [1.165, 1.54) is 23.3 Å². The molecule has 0 bridgehead atoms. The second-order valence-corrected chi connectivity index (χ2v) is 4.45. The molecule has 1 aromatic carbocycles. The van der Waals surface area contributed by atoms with Gasteiger partial charge < -0.3 is 0 Å². The van der Waals surface area contributed by atoms with Gasteiger partial charge in [0.1, 0.15) is 0 Å². The molecule has 12 heavy (non-hydrogen) atoms. The smallest absolute Gasteiger partial charge is 0.0409 e. The minimum absolute atomic E-state index is 0.797. The van der Waals surface area contributed by atoms with Gasteiger partial charge in [0.25, 0.3) is 0 Å². The highest BCUT2D eigenvalue weighted by Crippen LogP contribution is 2.44. The predicted molar refractivity (Wildman–Crippen MR) is 55.2 cm³/mol. The summed E-state index contributed by atoms with van der Waals surface area (Å²) in [6, 6.07) is 6.21. The molecule has 0 nitrogen and oxygen atoms in total. The molecule has 2 rings (SSSR count). The van der Waals surface area contributed by atoms with Gasteiger partial charge in [-0.3, -0.25) is 0 Å². The average Bonchev–Trinajstić information content (AvgIpc) is 2.87. The molecule has 2 heteroatoms. The van der Waals surface area contributed by atoms with Crippen molar-refractivity contribution in [3.05, 3.63) is 28.8 Å². The fraction of sp³-hybridized carbons (Fsp3) is 0.400. The molecular weight excluding hydrogens is 188 g/mol. The highest BCUT2D eigenvalue weighted by molar-refractivity contribution is 7.98. The fourth-order valence-electron chi connectivity index (χ4n) is 1.42. The monoisotopic (exact) mass is 198 g/mol. The van der Waals surface area contributed by atoms with Gasteiger partial charge >= 0.3 is 0 Å². The van der Waals surface area contributed by atoms with Gasteiger partial charge in [-0.15, -0.1) is 11.8 Å². The molecule has 0 heterocycles. The van der Waals surface area contributed by atoms with Gasteiger partial charge in [-0.25, -0.2) is 0 Å². The number of halogens is 1. The van der Waals surface area contributed by atoms with Crippen molar-refractivity contribution in [3.8, 4) is 0 Å². The Bertz CT molecular complexity index is 292. The second kappa shape index (κ2) is 3.31. The molecular formula is C10H11ClS.